The Balaban J connectivity index is 2.70. The third-order valence-electron chi connectivity index (χ3n) is 4.14. The Kier molecular flexibility index (Phi) is 10.1. The van der Waals surface area contributed by atoms with Crippen molar-refractivity contribution < 1.29 is 29.1 Å². The molecule has 0 radical (unpaired) electrons. The Hall–Kier alpha value is -3.48. The van der Waals surface area contributed by atoms with E-state index in [9.17, 15) is 29.1 Å². The Morgan fingerprint density at radius 1 is 1.13 bits per heavy atom. The molecular formula is C18H29N7O6. The molecule has 0 fully saturated rings. The summed E-state index contributed by atoms with van der Waals surface area (Å²) < 4.78 is 0. The van der Waals surface area contributed by atoms with Crippen LogP contribution in [0.5, 0.6) is 0 Å². The molecule has 3 atom stereocenters. The molecule has 31 heavy (non-hydrogen) atoms. The van der Waals surface area contributed by atoms with E-state index in [0.717, 1.165) is 0 Å². The zero-order chi connectivity index (χ0) is 23.6. The fourth-order valence-electron chi connectivity index (χ4n) is 2.66. The van der Waals surface area contributed by atoms with Crippen molar-refractivity contribution in [2.75, 3.05) is 6.54 Å². The Morgan fingerprint density at radius 3 is 2.32 bits per heavy atom. The van der Waals surface area contributed by atoms with Crippen LogP contribution in [-0.2, 0) is 30.4 Å². The summed E-state index contributed by atoms with van der Waals surface area (Å²) in [7, 11) is 0. The second-order valence-corrected chi connectivity index (χ2v) is 7.42. The van der Waals surface area contributed by atoms with Gasteiger partial charge in [-0.3, -0.25) is 19.2 Å². The number of amides is 4. The molecule has 0 aromatic carbocycles. The molecule has 1 aromatic rings. The molecule has 13 nitrogen and oxygen atoms in total. The molecule has 1 rings (SSSR count). The highest BCUT2D eigenvalue weighted by molar-refractivity contribution is 5.95. The number of nitrogens with two attached hydrogens (primary N) is 2. The van der Waals surface area contributed by atoms with Gasteiger partial charge in [-0.15, -0.1) is 0 Å². The molecule has 0 saturated heterocycles. The van der Waals surface area contributed by atoms with Crippen LogP contribution < -0.4 is 27.4 Å². The van der Waals surface area contributed by atoms with Gasteiger partial charge in [0, 0.05) is 18.3 Å². The van der Waals surface area contributed by atoms with Gasteiger partial charge in [-0.1, -0.05) is 13.8 Å². The van der Waals surface area contributed by atoms with E-state index in [-0.39, 0.29) is 12.3 Å². The van der Waals surface area contributed by atoms with Gasteiger partial charge in [0.15, 0.2) is 0 Å². The number of carbonyl (C=O) groups is 5. The number of nitrogens with one attached hydrogen (secondary N) is 4. The van der Waals surface area contributed by atoms with Gasteiger partial charge >= 0.3 is 5.97 Å². The van der Waals surface area contributed by atoms with Crippen molar-refractivity contribution in [3.63, 3.8) is 0 Å². The lowest BCUT2D eigenvalue weighted by molar-refractivity contribution is -0.142. The maximum absolute atomic E-state index is 12.5. The van der Waals surface area contributed by atoms with E-state index >= 15 is 0 Å². The van der Waals surface area contributed by atoms with Crippen LogP contribution in [0.2, 0.25) is 0 Å². The molecule has 4 amide bonds. The summed E-state index contributed by atoms with van der Waals surface area (Å²) in [5.74, 6) is -4.25. The van der Waals surface area contributed by atoms with Crippen LogP contribution in [0, 0.1) is 5.92 Å². The third-order valence-corrected chi connectivity index (χ3v) is 4.14. The quantitative estimate of drug-likeness (QED) is 0.172. The zero-order valence-electron chi connectivity index (χ0n) is 17.4. The van der Waals surface area contributed by atoms with Gasteiger partial charge in [0.2, 0.25) is 23.6 Å². The highest BCUT2D eigenvalue weighted by Crippen LogP contribution is 2.03. The Morgan fingerprint density at radius 2 is 1.81 bits per heavy atom. The van der Waals surface area contributed by atoms with E-state index in [1.54, 1.807) is 0 Å². The normalized spacial score (nSPS) is 13.7. The van der Waals surface area contributed by atoms with Gasteiger partial charge in [0.05, 0.1) is 25.3 Å². The van der Waals surface area contributed by atoms with Crippen LogP contribution in [0.4, 0.5) is 0 Å². The number of primary amides is 1. The number of carboxylic acids is 1. The molecule has 0 saturated carbocycles. The summed E-state index contributed by atoms with van der Waals surface area (Å²) in [5, 5.41) is 16.2. The molecule has 1 aromatic heterocycles. The smallest absolute Gasteiger partial charge is 0.326 e. The summed E-state index contributed by atoms with van der Waals surface area (Å²) in [6.45, 7) is 3.30. The second-order valence-electron chi connectivity index (χ2n) is 7.42. The topological polar surface area (TPSA) is 222 Å². The standard InChI is InChI=1S/C18H29N7O6/c1-9(2)3-11(19)16(28)22-7-15(27)24-12(5-14(20)26)17(29)25-13(18(30)31)4-10-6-21-8-23-10/h6,8-9,11-13H,3-5,7,19H2,1-2H3,(H2,20,26)(H,21,23)(H,22,28)(H,24,27)(H,25,29)(H,30,31). The summed E-state index contributed by atoms with van der Waals surface area (Å²) in [5.41, 5.74) is 11.3. The first-order chi connectivity index (χ1) is 14.5. The number of aromatic amines is 1. The maximum atomic E-state index is 12.5. The molecule has 0 aliphatic heterocycles. The minimum absolute atomic E-state index is 0.0951. The number of rotatable bonds is 13. The zero-order valence-corrected chi connectivity index (χ0v) is 17.4. The molecule has 9 N–H and O–H groups in total. The molecule has 13 heteroatoms. The predicted molar refractivity (Wildman–Crippen MR) is 108 cm³/mol. The van der Waals surface area contributed by atoms with Gasteiger partial charge < -0.3 is 37.5 Å². The van der Waals surface area contributed by atoms with Crippen molar-refractivity contribution >= 4 is 29.6 Å². The number of hydrogen-bond acceptors (Lipinski definition) is 7. The number of nitrogens with zero attached hydrogens (tertiary/aromatic N) is 1. The number of H-pyrrole nitrogens is 1. The number of aliphatic carboxylic acids is 1. The first-order valence-electron chi connectivity index (χ1n) is 9.61. The Labute approximate surface area is 178 Å². The lowest BCUT2D eigenvalue weighted by Crippen LogP contribution is -2.55. The maximum Gasteiger partial charge on any atom is 0.326 e. The van der Waals surface area contributed by atoms with Crippen LogP contribution in [-0.4, -0.2) is 69.3 Å². The monoisotopic (exact) mass is 439 g/mol. The van der Waals surface area contributed by atoms with Gasteiger partial charge in [0.1, 0.15) is 12.1 Å². The SMILES string of the molecule is CC(C)CC(N)C(=O)NCC(=O)NC(CC(N)=O)C(=O)NC(Cc1cnc[nH]1)C(=O)O. The fourth-order valence-corrected chi connectivity index (χ4v) is 2.66. The van der Waals surface area contributed by atoms with Crippen molar-refractivity contribution in [2.24, 2.45) is 17.4 Å². The molecule has 0 aliphatic rings. The number of carbonyl (C=O) groups excluding carboxylic acids is 4. The minimum Gasteiger partial charge on any atom is -0.480 e. The summed E-state index contributed by atoms with van der Waals surface area (Å²) in [6.07, 6.45) is 2.52. The van der Waals surface area contributed by atoms with Crippen LogP contribution in [0.3, 0.4) is 0 Å². The summed E-state index contributed by atoms with van der Waals surface area (Å²) >= 11 is 0. The number of carboxylic acid groups (broad SMARTS) is 1. The predicted octanol–water partition coefficient (Wildman–Crippen LogP) is -2.63. The highest BCUT2D eigenvalue weighted by Gasteiger charge is 2.28. The molecule has 0 bridgehead atoms. The van der Waals surface area contributed by atoms with Gasteiger partial charge in [0.25, 0.3) is 0 Å². The van der Waals surface area contributed by atoms with E-state index in [1.165, 1.54) is 12.5 Å². The van der Waals surface area contributed by atoms with E-state index in [4.69, 9.17) is 11.5 Å². The van der Waals surface area contributed by atoms with Crippen LogP contribution >= 0.6 is 0 Å². The number of aromatic nitrogens is 2. The average molecular weight is 439 g/mol. The van der Waals surface area contributed by atoms with Gasteiger partial charge in [-0.25, -0.2) is 9.78 Å². The van der Waals surface area contributed by atoms with Gasteiger partial charge in [-0.05, 0) is 12.3 Å². The van der Waals surface area contributed by atoms with Crippen molar-refractivity contribution in [1.29, 1.82) is 0 Å². The van der Waals surface area contributed by atoms with Gasteiger partial charge in [-0.2, -0.15) is 0 Å². The van der Waals surface area contributed by atoms with E-state index in [0.29, 0.717) is 12.1 Å². The molecular weight excluding hydrogens is 410 g/mol. The van der Waals surface area contributed by atoms with Crippen LogP contribution in [0.15, 0.2) is 12.5 Å². The lowest BCUT2D eigenvalue weighted by atomic mass is 10.0. The molecule has 0 aliphatic carbocycles. The van der Waals surface area contributed by atoms with Crippen molar-refractivity contribution in [3.05, 3.63) is 18.2 Å². The van der Waals surface area contributed by atoms with Crippen molar-refractivity contribution in [1.82, 2.24) is 25.9 Å². The van der Waals surface area contributed by atoms with Crippen LogP contribution in [0.1, 0.15) is 32.4 Å². The van der Waals surface area contributed by atoms with Crippen molar-refractivity contribution in [3.8, 4) is 0 Å². The summed E-state index contributed by atoms with van der Waals surface area (Å²) in [6, 6.07) is -3.56. The van der Waals surface area contributed by atoms with E-state index in [1.807, 2.05) is 13.8 Å². The molecule has 3 unspecified atom stereocenters. The average Bonchev–Trinajstić information content (AvgIpc) is 3.17. The fraction of sp³-hybridized carbons (Fsp3) is 0.556. The van der Waals surface area contributed by atoms with E-state index < -0.39 is 60.7 Å². The summed E-state index contributed by atoms with van der Waals surface area (Å²) in [4.78, 5) is 65.8. The van der Waals surface area contributed by atoms with Crippen molar-refractivity contribution in [2.45, 2.75) is 51.2 Å². The lowest BCUT2D eigenvalue weighted by Gasteiger charge is -2.21. The highest BCUT2D eigenvalue weighted by atomic mass is 16.4. The Bertz CT molecular complexity index is 780. The van der Waals surface area contributed by atoms with Crippen LogP contribution in [0.25, 0.3) is 0 Å². The van der Waals surface area contributed by atoms with E-state index in [2.05, 4.69) is 25.9 Å². The third kappa shape index (κ3) is 9.71. The largest absolute Gasteiger partial charge is 0.480 e. The molecule has 0 spiro atoms. The first-order valence-corrected chi connectivity index (χ1v) is 9.61. The molecule has 1 heterocycles. The first kappa shape index (κ1) is 25.6. The number of imidazole rings is 1. The minimum atomic E-state index is -1.42. The molecule has 172 valence electrons. The number of hydrogen-bond donors (Lipinski definition) is 7. The second kappa shape index (κ2) is 12.3.